The van der Waals surface area contributed by atoms with E-state index in [9.17, 15) is 0 Å². The van der Waals surface area contributed by atoms with E-state index in [1.807, 2.05) is 0 Å². The maximum atomic E-state index is 3.91. The van der Waals surface area contributed by atoms with Crippen LogP contribution < -0.4 is 0 Å². The van der Waals surface area contributed by atoms with Gasteiger partial charge in [0.2, 0.25) is 0 Å². The SMILES string of the molecule is S/C=C/c1ncc[nH]1. The number of imidazole rings is 1. The molecule has 8 heavy (non-hydrogen) atoms. The number of H-pyrrole nitrogens is 1. The third-order valence-corrected chi connectivity index (χ3v) is 0.901. The molecule has 1 aromatic heterocycles. The summed E-state index contributed by atoms with van der Waals surface area (Å²) >= 11 is 3.87. The Bertz CT molecular complexity index is 167. The number of aromatic nitrogens is 2. The van der Waals surface area contributed by atoms with Gasteiger partial charge in [0.05, 0.1) is 0 Å². The zero-order valence-corrected chi connectivity index (χ0v) is 5.10. The van der Waals surface area contributed by atoms with Crippen molar-refractivity contribution < 1.29 is 0 Å². The van der Waals surface area contributed by atoms with Crippen LogP contribution in [0.2, 0.25) is 0 Å². The average Bonchev–Trinajstić information content (AvgIpc) is 2.19. The van der Waals surface area contributed by atoms with Crippen molar-refractivity contribution in [2.24, 2.45) is 0 Å². The molecule has 0 aliphatic rings. The van der Waals surface area contributed by atoms with E-state index in [0.717, 1.165) is 5.82 Å². The highest BCUT2D eigenvalue weighted by Crippen LogP contribution is 1.91. The Morgan fingerprint density at radius 2 is 2.62 bits per heavy atom. The van der Waals surface area contributed by atoms with E-state index in [1.165, 1.54) is 0 Å². The smallest absolute Gasteiger partial charge is 0.130 e. The monoisotopic (exact) mass is 126 g/mol. The number of thiol groups is 1. The summed E-state index contributed by atoms with van der Waals surface area (Å²) in [7, 11) is 0. The quantitative estimate of drug-likeness (QED) is 0.546. The van der Waals surface area contributed by atoms with Crippen LogP contribution in [-0.4, -0.2) is 9.97 Å². The molecule has 1 rings (SSSR count). The van der Waals surface area contributed by atoms with Gasteiger partial charge in [0, 0.05) is 12.4 Å². The van der Waals surface area contributed by atoms with Gasteiger partial charge in [-0.3, -0.25) is 0 Å². The third-order valence-electron chi connectivity index (χ3n) is 0.752. The maximum absolute atomic E-state index is 3.91. The van der Waals surface area contributed by atoms with Gasteiger partial charge in [0.1, 0.15) is 5.82 Å². The molecule has 1 N–H and O–H groups in total. The number of hydrogen-bond donors (Lipinski definition) is 2. The second-order valence-corrected chi connectivity index (χ2v) is 1.59. The first kappa shape index (κ1) is 5.44. The van der Waals surface area contributed by atoms with Crippen molar-refractivity contribution in [3.63, 3.8) is 0 Å². The van der Waals surface area contributed by atoms with Crippen LogP contribution in [-0.2, 0) is 0 Å². The van der Waals surface area contributed by atoms with Crippen LogP contribution in [0.25, 0.3) is 6.08 Å². The van der Waals surface area contributed by atoms with Gasteiger partial charge in [0.25, 0.3) is 0 Å². The molecule has 1 heterocycles. The largest absolute Gasteiger partial charge is 0.345 e. The summed E-state index contributed by atoms with van der Waals surface area (Å²) in [6, 6.07) is 0. The summed E-state index contributed by atoms with van der Waals surface area (Å²) in [6.45, 7) is 0. The van der Waals surface area contributed by atoms with E-state index in [4.69, 9.17) is 0 Å². The number of nitrogens with one attached hydrogen (secondary N) is 1. The van der Waals surface area contributed by atoms with Crippen molar-refractivity contribution in [2.45, 2.75) is 0 Å². The molecule has 0 amide bonds. The summed E-state index contributed by atoms with van der Waals surface area (Å²) < 4.78 is 0. The number of rotatable bonds is 1. The molecule has 0 saturated heterocycles. The molecule has 3 heteroatoms. The lowest BCUT2D eigenvalue weighted by Crippen LogP contribution is -1.69. The van der Waals surface area contributed by atoms with Crippen LogP contribution in [0, 0.1) is 0 Å². The summed E-state index contributed by atoms with van der Waals surface area (Å²) in [4.78, 5) is 6.81. The van der Waals surface area contributed by atoms with Gasteiger partial charge < -0.3 is 4.98 Å². The van der Waals surface area contributed by atoms with Crippen molar-refractivity contribution >= 4 is 18.7 Å². The molecule has 0 bridgehead atoms. The van der Waals surface area contributed by atoms with E-state index in [2.05, 4.69) is 22.6 Å². The number of hydrogen-bond acceptors (Lipinski definition) is 2. The maximum Gasteiger partial charge on any atom is 0.130 e. The molecule has 0 radical (unpaired) electrons. The van der Waals surface area contributed by atoms with Crippen molar-refractivity contribution in [1.29, 1.82) is 0 Å². The highest BCUT2D eigenvalue weighted by atomic mass is 32.1. The van der Waals surface area contributed by atoms with Crippen LogP contribution >= 0.6 is 12.6 Å². The first-order chi connectivity index (χ1) is 3.93. The fraction of sp³-hybridized carbons (Fsp3) is 0. The zero-order valence-electron chi connectivity index (χ0n) is 4.20. The molecule has 0 spiro atoms. The molecule has 42 valence electrons. The lowest BCUT2D eigenvalue weighted by molar-refractivity contribution is 1.27. The average molecular weight is 126 g/mol. The van der Waals surface area contributed by atoms with Crippen LogP contribution in [0.4, 0.5) is 0 Å². The molecular weight excluding hydrogens is 120 g/mol. The van der Waals surface area contributed by atoms with Crippen LogP contribution in [0.5, 0.6) is 0 Å². The molecular formula is C5H6N2S. The fourth-order valence-corrected chi connectivity index (χ4v) is 0.580. The Labute approximate surface area is 53.1 Å². The topological polar surface area (TPSA) is 28.7 Å². The molecule has 0 aliphatic heterocycles. The number of aromatic amines is 1. The second-order valence-electron chi connectivity index (χ2n) is 1.29. The van der Waals surface area contributed by atoms with E-state index >= 15 is 0 Å². The van der Waals surface area contributed by atoms with Crippen LogP contribution in [0.1, 0.15) is 5.82 Å². The van der Waals surface area contributed by atoms with Gasteiger partial charge in [-0.2, -0.15) is 12.6 Å². The van der Waals surface area contributed by atoms with Gasteiger partial charge in [-0.05, 0) is 11.5 Å². The van der Waals surface area contributed by atoms with E-state index in [0.29, 0.717) is 0 Å². The molecule has 1 aromatic rings. The summed E-state index contributed by atoms with van der Waals surface area (Å²) in [5.41, 5.74) is 0. The molecule has 0 aromatic carbocycles. The first-order valence-electron chi connectivity index (χ1n) is 2.23. The van der Waals surface area contributed by atoms with E-state index < -0.39 is 0 Å². The molecule has 0 unspecified atom stereocenters. The number of nitrogens with zero attached hydrogens (tertiary/aromatic N) is 1. The van der Waals surface area contributed by atoms with Crippen molar-refractivity contribution in [3.8, 4) is 0 Å². The molecule has 0 atom stereocenters. The standard InChI is InChI=1S/C5H6N2S/c8-4-1-5-6-2-3-7-5/h1-4,8H,(H,6,7)/b4-1+. The van der Waals surface area contributed by atoms with E-state index in [1.54, 1.807) is 23.9 Å². The van der Waals surface area contributed by atoms with E-state index in [-0.39, 0.29) is 0 Å². The Balaban J connectivity index is 2.77. The Kier molecular flexibility index (Phi) is 1.75. The lowest BCUT2D eigenvalue weighted by Gasteiger charge is -1.75. The molecule has 0 fully saturated rings. The van der Waals surface area contributed by atoms with Gasteiger partial charge >= 0.3 is 0 Å². The predicted octanol–water partition coefficient (Wildman–Crippen LogP) is 1.31. The van der Waals surface area contributed by atoms with Crippen molar-refractivity contribution in [1.82, 2.24) is 9.97 Å². The second kappa shape index (κ2) is 2.57. The Hall–Kier alpha value is -0.700. The minimum absolute atomic E-state index is 0.833. The lowest BCUT2D eigenvalue weighted by atomic mass is 10.6. The normalized spacial score (nSPS) is 10.6. The molecule has 0 aliphatic carbocycles. The van der Waals surface area contributed by atoms with Crippen LogP contribution in [0.3, 0.4) is 0 Å². The van der Waals surface area contributed by atoms with Gasteiger partial charge in [-0.15, -0.1) is 0 Å². The Morgan fingerprint density at radius 1 is 1.75 bits per heavy atom. The minimum atomic E-state index is 0.833. The van der Waals surface area contributed by atoms with Crippen molar-refractivity contribution in [2.75, 3.05) is 0 Å². The highest BCUT2D eigenvalue weighted by Gasteiger charge is 1.80. The van der Waals surface area contributed by atoms with Crippen LogP contribution in [0.15, 0.2) is 17.8 Å². The summed E-state index contributed by atoms with van der Waals surface area (Å²) in [5.74, 6) is 0.833. The Morgan fingerprint density at radius 3 is 3.12 bits per heavy atom. The van der Waals surface area contributed by atoms with Gasteiger partial charge in [0.15, 0.2) is 0 Å². The highest BCUT2D eigenvalue weighted by molar-refractivity contribution is 7.83. The fourth-order valence-electron chi connectivity index (χ4n) is 0.439. The molecule has 2 nitrogen and oxygen atoms in total. The summed E-state index contributed by atoms with van der Waals surface area (Å²) in [6.07, 6.45) is 5.25. The summed E-state index contributed by atoms with van der Waals surface area (Å²) in [5, 5.41) is 1.64. The first-order valence-corrected chi connectivity index (χ1v) is 2.75. The third kappa shape index (κ3) is 1.13. The van der Waals surface area contributed by atoms with Gasteiger partial charge in [-0.1, -0.05) is 0 Å². The van der Waals surface area contributed by atoms with Crippen molar-refractivity contribution in [3.05, 3.63) is 23.6 Å². The van der Waals surface area contributed by atoms with Gasteiger partial charge in [-0.25, -0.2) is 4.98 Å². The predicted molar refractivity (Wildman–Crippen MR) is 36.6 cm³/mol. The zero-order chi connectivity index (χ0) is 5.82. The minimum Gasteiger partial charge on any atom is -0.345 e. The molecule has 0 saturated carbocycles.